The molecule has 27 heavy (non-hydrogen) atoms. The number of carbonyl (C=O) groups is 1. The average molecular weight is 377 g/mol. The Kier molecular flexibility index (Phi) is 5.75. The van der Waals surface area contributed by atoms with Crippen LogP contribution in [-0.2, 0) is 11.3 Å². The van der Waals surface area contributed by atoms with E-state index in [1.165, 1.54) is 0 Å². The molecule has 5 heteroatoms. The number of carbonyl (C=O) groups excluding carboxylic acids is 1. The van der Waals surface area contributed by atoms with Gasteiger partial charge in [0, 0.05) is 17.1 Å². The minimum atomic E-state index is -0.451. The Morgan fingerprint density at radius 1 is 1.19 bits per heavy atom. The fraction of sp³-hybridized carbons (Fsp3) is 0.0909. The number of nitrogens with one attached hydrogen (secondary N) is 1. The molecule has 0 aromatic heterocycles. The number of benzene rings is 3. The Labute approximate surface area is 162 Å². The molecule has 0 fully saturated rings. The van der Waals surface area contributed by atoms with Gasteiger partial charge < -0.3 is 10.1 Å². The predicted molar refractivity (Wildman–Crippen MR) is 107 cm³/mol. The second-order valence-electron chi connectivity index (χ2n) is 5.89. The highest BCUT2D eigenvalue weighted by atomic mass is 35.5. The van der Waals surface area contributed by atoms with Crippen molar-refractivity contribution in [3.8, 4) is 11.8 Å². The van der Waals surface area contributed by atoms with Crippen molar-refractivity contribution < 1.29 is 9.53 Å². The molecule has 1 amide bonds. The largest absolute Gasteiger partial charge is 0.496 e. The first-order chi connectivity index (χ1) is 13.1. The molecule has 0 bridgehead atoms. The Morgan fingerprint density at radius 3 is 2.74 bits per heavy atom. The van der Waals surface area contributed by atoms with Gasteiger partial charge in [0.15, 0.2) is 0 Å². The molecule has 0 radical (unpaired) electrons. The van der Waals surface area contributed by atoms with Crippen molar-refractivity contribution in [2.45, 2.75) is 6.54 Å². The number of halogens is 1. The summed E-state index contributed by atoms with van der Waals surface area (Å²) in [7, 11) is 1.56. The lowest BCUT2D eigenvalue weighted by molar-refractivity contribution is -0.117. The van der Waals surface area contributed by atoms with Crippen LogP contribution in [0.3, 0.4) is 0 Å². The van der Waals surface area contributed by atoms with Crippen molar-refractivity contribution in [3.05, 3.63) is 82.4 Å². The molecule has 0 unspecified atom stereocenters. The van der Waals surface area contributed by atoms with E-state index in [1.54, 1.807) is 25.3 Å². The van der Waals surface area contributed by atoms with Crippen LogP contribution in [0.4, 0.5) is 0 Å². The summed E-state index contributed by atoms with van der Waals surface area (Å²) in [4.78, 5) is 12.5. The van der Waals surface area contributed by atoms with E-state index in [4.69, 9.17) is 16.3 Å². The second kappa shape index (κ2) is 8.39. The van der Waals surface area contributed by atoms with Crippen molar-refractivity contribution >= 4 is 34.4 Å². The molecule has 1 N–H and O–H groups in total. The lowest BCUT2D eigenvalue weighted by Gasteiger charge is -2.10. The summed E-state index contributed by atoms with van der Waals surface area (Å²) in [6, 6.07) is 20.7. The topological polar surface area (TPSA) is 62.1 Å². The van der Waals surface area contributed by atoms with Gasteiger partial charge >= 0.3 is 0 Å². The fourth-order valence-electron chi connectivity index (χ4n) is 2.82. The molecule has 3 rings (SSSR count). The Balaban J connectivity index is 1.91. The Hall–Kier alpha value is -3.29. The van der Waals surface area contributed by atoms with E-state index >= 15 is 0 Å². The van der Waals surface area contributed by atoms with Gasteiger partial charge in [-0.1, -0.05) is 54.1 Å². The third-order valence-corrected chi connectivity index (χ3v) is 4.38. The van der Waals surface area contributed by atoms with E-state index in [9.17, 15) is 10.1 Å². The zero-order valence-electron chi connectivity index (χ0n) is 14.7. The number of nitrogens with zero attached hydrogens (tertiary/aromatic N) is 1. The van der Waals surface area contributed by atoms with Crippen molar-refractivity contribution in [2.75, 3.05) is 7.11 Å². The minimum Gasteiger partial charge on any atom is -0.496 e. The molecule has 4 nitrogen and oxygen atoms in total. The maximum Gasteiger partial charge on any atom is 0.262 e. The highest BCUT2D eigenvalue weighted by molar-refractivity contribution is 6.30. The normalized spacial score (nSPS) is 11.1. The van der Waals surface area contributed by atoms with Gasteiger partial charge in [-0.15, -0.1) is 0 Å². The molecular formula is C22H17ClN2O2. The highest BCUT2D eigenvalue weighted by Crippen LogP contribution is 2.30. The molecule has 0 atom stereocenters. The van der Waals surface area contributed by atoms with E-state index in [1.807, 2.05) is 54.6 Å². The molecule has 0 spiro atoms. The summed E-state index contributed by atoms with van der Waals surface area (Å²) in [5.41, 5.74) is 1.56. The van der Waals surface area contributed by atoms with E-state index in [2.05, 4.69) is 5.32 Å². The Morgan fingerprint density at radius 2 is 2.00 bits per heavy atom. The average Bonchev–Trinajstić information content (AvgIpc) is 2.70. The summed E-state index contributed by atoms with van der Waals surface area (Å²) >= 11 is 5.96. The van der Waals surface area contributed by atoms with Crippen LogP contribution >= 0.6 is 11.6 Å². The SMILES string of the molecule is COc1ccc2ccccc2c1/C=C(\C#N)C(=O)NCc1cccc(Cl)c1. The minimum absolute atomic E-state index is 0.00619. The van der Waals surface area contributed by atoms with Crippen LogP contribution in [0.5, 0.6) is 5.75 Å². The summed E-state index contributed by atoms with van der Waals surface area (Å²) in [5.74, 6) is 0.150. The molecule has 0 heterocycles. The number of rotatable bonds is 5. The van der Waals surface area contributed by atoms with E-state index in [0.717, 1.165) is 16.3 Å². The molecular weight excluding hydrogens is 360 g/mol. The maximum atomic E-state index is 12.5. The van der Waals surface area contributed by atoms with Crippen LogP contribution < -0.4 is 10.1 Å². The summed E-state index contributed by atoms with van der Waals surface area (Å²) in [6.45, 7) is 0.283. The van der Waals surface area contributed by atoms with Crippen molar-refractivity contribution in [1.29, 1.82) is 5.26 Å². The lowest BCUT2D eigenvalue weighted by atomic mass is 10.0. The maximum absolute atomic E-state index is 12.5. The number of fused-ring (bicyclic) bond motifs is 1. The summed E-state index contributed by atoms with van der Waals surface area (Å²) < 4.78 is 5.42. The second-order valence-corrected chi connectivity index (χ2v) is 6.32. The Bertz CT molecular complexity index is 1070. The number of methoxy groups -OCH3 is 1. The number of hydrogen-bond acceptors (Lipinski definition) is 3. The van der Waals surface area contributed by atoms with Crippen molar-refractivity contribution in [3.63, 3.8) is 0 Å². The molecule has 0 saturated carbocycles. The van der Waals surface area contributed by atoms with Crippen LogP contribution in [-0.4, -0.2) is 13.0 Å². The zero-order chi connectivity index (χ0) is 19.2. The van der Waals surface area contributed by atoms with Crippen LogP contribution in [0, 0.1) is 11.3 Å². The van der Waals surface area contributed by atoms with Gasteiger partial charge in [-0.25, -0.2) is 0 Å². The first-order valence-corrected chi connectivity index (χ1v) is 8.70. The van der Waals surface area contributed by atoms with Gasteiger partial charge in [-0.3, -0.25) is 4.79 Å². The van der Waals surface area contributed by atoms with Gasteiger partial charge in [0.1, 0.15) is 17.4 Å². The first-order valence-electron chi connectivity index (χ1n) is 8.32. The first kappa shape index (κ1) is 18.5. The van der Waals surface area contributed by atoms with Crippen LogP contribution in [0.25, 0.3) is 16.8 Å². The van der Waals surface area contributed by atoms with Crippen LogP contribution in [0.1, 0.15) is 11.1 Å². The summed E-state index contributed by atoms with van der Waals surface area (Å²) in [5, 5.41) is 14.8. The van der Waals surface area contributed by atoms with Gasteiger partial charge in [-0.2, -0.15) is 5.26 Å². The van der Waals surface area contributed by atoms with Gasteiger partial charge in [0.2, 0.25) is 0 Å². The van der Waals surface area contributed by atoms with Gasteiger partial charge in [0.05, 0.1) is 7.11 Å². The number of amides is 1. The van der Waals surface area contributed by atoms with Gasteiger partial charge in [-0.05, 0) is 40.6 Å². The lowest BCUT2D eigenvalue weighted by Crippen LogP contribution is -2.23. The molecule has 0 aliphatic rings. The molecule has 3 aromatic carbocycles. The molecule has 3 aromatic rings. The number of nitriles is 1. The van der Waals surface area contributed by atoms with Crippen LogP contribution in [0.15, 0.2) is 66.2 Å². The molecule has 0 saturated heterocycles. The third kappa shape index (κ3) is 4.28. The number of hydrogen-bond donors (Lipinski definition) is 1. The predicted octanol–water partition coefficient (Wildman–Crippen LogP) is 4.73. The smallest absolute Gasteiger partial charge is 0.262 e. The van der Waals surface area contributed by atoms with Gasteiger partial charge in [0.25, 0.3) is 5.91 Å². The quantitative estimate of drug-likeness (QED) is 0.517. The monoisotopic (exact) mass is 376 g/mol. The third-order valence-electron chi connectivity index (χ3n) is 4.15. The number of ether oxygens (including phenoxy) is 1. The highest BCUT2D eigenvalue weighted by Gasteiger charge is 2.13. The zero-order valence-corrected chi connectivity index (χ0v) is 15.5. The van der Waals surface area contributed by atoms with E-state index < -0.39 is 5.91 Å². The molecule has 0 aliphatic heterocycles. The fourth-order valence-corrected chi connectivity index (χ4v) is 3.03. The van der Waals surface area contributed by atoms with Crippen molar-refractivity contribution in [2.24, 2.45) is 0 Å². The van der Waals surface area contributed by atoms with Crippen molar-refractivity contribution in [1.82, 2.24) is 5.32 Å². The molecule has 0 aliphatic carbocycles. The van der Waals surface area contributed by atoms with E-state index in [0.29, 0.717) is 16.3 Å². The van der Waals surface area contributed by atoms with Crippen LogP contribution in [0.2, 0.25) is 5.02 Å². The standard InChI is InChI=1S/C22H17ClN2O2/c1-27-21-10-9-16-6-2-3-8-19(16)20(21)12-17(13-24)22(26)25-14-15-5-4-7-18(23)11-15/h2-12H,14H2,1H3,(H,25,26)/b17-12+. The molecule has 134 valence electrons. The summed E-state index contributed by atoms with van der Waals surface area (Å²) in [6.07, 6.45) is 1.56. The van der Waals surface area contributed by atoms with E-state index in [-0.39, 0.29) is 12.1 Å².